The SMILES string of the molecule is Cc1nccc2[nH]c(=O)c(C(=O)NC3CCCC3)cc12. The van der Waals surface area contributed by atoms with Gasteiger partial charge in [-0.15, -0.1) is 0 Å². The molecule has 0 spiro atoms. The van der Waals surface area contributed by atoms with Gasteiger partial charge in [0.1, 0.15) is 5.56 Å². The fourth-order valence-corrected chi connectivity index (χ4v) is 2.77. The molecule has 0 radical (unpaired) electrons. The highest BCUT2D eigenvalue weighted by molar-refractivity contribution is 5.97. The van der Waals surface area contributed by atoms with Gasteiger partial charge < -0.3 is 10.3 Å². The Morgan fingerprint density at radius 3 is 2.90 bits per heavy atom. The predicted octanol–water partition coefficient (Wildman–Crippen LogP) is 1.90. The first kappa shape index (κ1) is 12.8. The Bertz CT molecular complexity index is 715. The first-order valence-electron chi connectivity index (χ1n) is 6.94. The Hall–Kier alpha value is -2.17. The molecule has 1 aliphatic carbocycles. The van der Waals surface area contributed by atoms with Crippen molar-refractivity contribution in [3.8, 4) is 0 Å². The first-order valence-corrected chi connectivity index (χ1v) is 6.94. The Balaban J connectivity index is 1.98. The number of aryl methyl sites for hydroxylation is 1. The van der Waals surface area contributed by atoms with Crippen LogP contribution in [0.4, 0.5) is 0 Å². The largest absolute Gasteiger partial charge is 0.349 e. The third kappa shape index (κ3) is 2.31. The minimum absolute atomic E-state index is 0.167. The average Bonchev–Trinajstić information content (AvgIpc) is 2.91. The number of aromatic amines is 1. The summed E-state index contributed by atoms with van der Waals surface area (Å²) in [5.41, 5.74) is 1.33. The fraction of sp³-hybridized carbons (Fsp3) is 0.400. The monoisotopic (exact) mass is 271 g/mol. The Kier molecular flexibility index (Phi) is 3.26. The topological polar surface area (TPSA) is 74.8 Å². The van der Waals surface area contributed by atoms with Crippen LogP contribution in [0.5, 0.6) is 0 Å². The van der Waals surface area contributed by atoms with Crippen LogP contribution in [0.25, 0.3) is 10.9 Å². The number of amides is 1. The van der Waals surface area contributed by atoms with Gasteiger partial charge in [-0.2, -0.15) is 0 Å². The van der Waals surface area contributed by atoms with Crippen molar-refractivity contribution in [2.45, 2.75) is 38.6 Å². The second kappa shape index (κ2) is 5.07. The number of aromatic nitrogens is 2. The lowest BCUT2D eigenvalue weighted by Crippen LogP contribution is -2.36. The molecule has 0 unspecified atom stereocenters. The van der Waals surface area contributed by atoms with Crippen LogP contribution in [0.3, 0.4) is 0 Å². The van der Waals surface area contributed by atoms with Gasteiger partial charge in [0.2, 0.25) is 0 Å². The van der Waals surface area contributed by atoms with Crippen molar-refractivity contribution in [2.75, 3.05) is 0 Å². The molecule has 0 bridgehead atoms. The standard InChI is InChI=1S/C15H17N3O2/c1-9-11-8-12(14(19)17-10-4-2-3-5-10)15(20)18-13(11)6-7-16-9/h6-8,10H,2-5H2,1H3,(H,17,19)(H,18,20). The molecule has 2 N–H and O–H groups in total. The van der Waals surface area contributed by atoms with Crippen LogP contribution < -0.4 is 10.9 Å². The number of nitrogens with one attached hydrogen (secondary N) is 2. The normalized spacial score (nSPS) is 15.7. The van der Waals surface area contributed by atoms with Crippen molar-refractivity contribution in [1.82, 2.24) is 15.3 Å². The summed E-state index contributed by atoms with van der Waals surface area (Å²) < 4.78 is 0. The third-order valence-corrected chi connectivity index (χ3v) is 3.91. The summed E-state index contributed by atoms with van der Waals surface area (Å²) in [6.07, 6.45) is 5.92. The maximum Gasteiger partial charge on any atom is 0.261 e. The summed E-state index contributed by atoms with van der Waals surface area (Å²) in [5.74, 6) is -0.289. The van der Waals surface area contributed by atoms with Gasteiger partial charge in [-0.1, -0.05) is 12.8 Å². The quantitative estimate of drug-likeness (QED) is 0.876. The van der Waals surface area contributed by atoms with E-state index in [4.69, 9.17) is 0 Å². The molecule has 5 nitrogen and oxygen atoms in total. The van der Waals surface area contributed by atoms with Gasteiger partial charge in [-0.25, -0.2) is 0 Å². The van der Waals surface area contributed by atoms with Crippen molar-refractivity contribution in [3.05, 3.63) is 39.9 Å². The molecule has 1 fully saturated rings. The van der Waals surface area contributed by atoms with Gasteiger partial charge >= 0.3 is 0 Å². The number of pyridine rings is 2. The lowest BCUT2D eigenvalue weighted by molar-refractivity contribution is 0.0936. The van der Waals surface area contributed by atoms with Crippen molar-refractivity contribution >= 4 is 16.8 Å². The molecule has 1 aliphatic rings. The number of fused-ring (bicyclic) bond motifs is 1. The number of H-pyrrole nitrogens is 1. The molecule has 2 heterocycles. The zero-order valence-corrected chi connectivity index (χ0v) is 11.4. The zero-order valence-electron chi connectivity index (χ0n) is 11.4. The van der Waals surface area contributed by atoms with E-state index < -0.39 is 0 Å². The van der Waals surface area contributed by atoms with Crippen LogP contribution >= 0.6 is 0 Å². The molecule has 2 aromatic heterocycles. The summed E-state index contributed by atoms with van der Waals surface area (Å²) in [6.45, 7) is 1.86. The molecule has 104 valence electrons. The molecular weight excluding hydrogens is 254 g/mol. The van der Waals surface area contributed by atoms with Crippen LogP contribution in [-0.2, 0) is 0 Å². The van der Waals surface area contributed by atoms with E-state index in [2.05, 4.69) is 15.3 Å². The number of rotatable bonds is 2. The summed E-state index contributed by atoms with van der Waals surface area (Å²) in [6, 6.07) is 3.58. The van der Waals surface area contributed by atoms with Crippen molar-refractivity contribution in [2.24, 2.45) is 0 Å². The van der Waals surface area contributed by atoms with E-state index in [1.54, 1.807) is 18.3 Å². The Morgan fingerprint density at radius 2 is 2.15 bits per heavy atom. The van der Waals surface area contributed by atoms with E-state index in [0.717, 1.165) is 36.8 Å². The first-order chi connectivity index (χ1) is 9.65. The number of nitrogens with zero attached hydrogens (tertiary/aromatic N) is 1. The highest BCUT2D eigenvalue weighted by Crippen LogP contribution is 2.18. The molecule has 3 rings (SSSR count). The van der Waals surface area contributed by atoms with E-state index in [0.29, 0.717) is 5.52 Å². The van der Waals surface area contributed by atoms with Gasteiger partial charge in [0, 0.05) is 23.3 Å². The van der Waals surface area contributed by atoms with E-state index in [1.807, 2.05) is 6.92 Å². The van der Waals surface area contributed by atoms with Crippen LogP contribution in [0.2, 0.25) is 0 Å². The van der Waals surface area contributed by atoms with Gasteiger partial charge in [-0.3, -0.25) is 14.6 Å². The molecule has 20 heavy (non-hydrogen) atoms. The van der Waals surface area contributed by atoms with Crippen molar-refractivity contribution in [1.29, 1.82) is 0 Å². The maximum absolute atomic E-state index is 12.2. The molecule has 1 saturated carbocycles. The van der Waals surface area contributed by atoms with E-state index >= 15 is 0 Å². The predicted molar refractivity (Wildman–Crippen MR) is 76.8 cm³/mol. The molecule has 1 amide bonds. The number of hydrogen-bond acceptors (Lipinski definition) is 3. The highest BCUT2D eigenvalue weighted by Gasteiger charge is 2.20. The molecule has 5 heteroatoms. The van der Waals surface area contributed by atoms with Crippen LogP contribution in [0.15, 0.2) is 23.1 Å². The number of carbonyl (C=O) groups excluding carboxylic acids is 1. The van der Waals surface area contributed by atoms with Gasteiger partial charge in [-0.05, 0) is 31.9 Å². The molecule has 0 atom stereocenters. The summed E-state index contributed by atoms with van der Waals surface area (Å²) in [7, 11) is 0. The molecule has 0 aliphatic heterocycles. The number of hydrogen-bond donors (Lipinski definition) is 2. The van der Waals surface area contributed by atoms with E-state index in [1.165, 1.54) is 0 Å². The molecular formula is C15H17N3O2. The van der Waals surface area contributed by atoms with Gasteiger partial charge in [0.25, 0.3) is 11.5 Å². The van der Waals surface area contributed by atoms with E-state index in [9.17, 15) is 9.59 Å². The molecule has 0 aromatic carbocycles. The highest BCUT2D eigenvalue weighted by atomic mass is 16.2. The van der Waals surface area contributed by atoms with Crippen LogP contribution in [-0.4, -0.2) is 21.9 Å². The second-order valence-electron chi connectivity index (χ2n) is 5.32. The summed E-state index contributed by atoms with van der Waals surface area (Å²) >= 11 is 0. The van der Waals surface area contributed by atoms with Crippen molar-refractivity contribution < 1.29 is 4.79 Å². The summed E-state index contributed by atoms with van der Waals surface area (Å²) in [4.78, 5) is 31.2. The Labute approximate surface area is 116 Å². The van der Waals surface area contributed by atoms with Gasteiger partial charge in [0.05, 0.1) is 5.52 Å². The zero-order chi connectivity index (χ0) is 14.1. The van der Waals surface area contributed by atoms with Gasteiger partial charge in [0.15, 0.2) is 0 Å². The van der Waals surface area contributed by atoms with Crippen LogP contribution in [0, 0.1) is 6.92 Å². The average molecular weight is 271 g/mol. The second-order valence-corrected chi connectivity index (χ2v) is 5.32. The minimum Gasteiger partial charge on any atom is -0.349 e. The van der Waals surface area contributed by atoms with E-state index in [-0.39, 0.29) is 23.1 Å². The molecule has 2 aromatic rings. The smallest absolute Gasteiger partial charge is 0.261 e. The summed E-state index contributed by atoms with van der Waals surface area (Å²) in [5, 5.41) is 3.75. The van der Waals surface area contributed by atoms with Crippen molar-refractivity contribution in [3.63, 3.8) is 0 Å². The van der Waals surface area contributed by atoms with Crippen LogP contribution in [0.1, 0.15) is 41.7 Å². The lowest BCUT2D eigenvalue weighted by Gasteiger charge is -2.12. The fourth-order valence-electron chi connectivity index (χ4n) is 2.77. The molecule has 0 saturated heterocycles. The maximum atomic E-state index is 12.2. The Morgan fingerprint density at radius 1 is 1.40 bits per heavy atom. The third-order valence-electron chi connectivity index (χ3n) is 3.91. The lowest BCUT2D eigenvalue weighted by atomic mass is 10.1. The minimum atomic E-state index is -0.349. The number of carbonyl (C=O) groups is 1.